The number of nitrogens with two attached hydrogens (primary N) is 1. The molecule has 2 rings (SSSR count). The molecule has 0 aromatic heterocycles. The Morgan fingerprint density at radius 1 is 1.24 bits per heavy atom. The van der Waals surface area contributed by atoms with E-state index in [1.165, 1.54) is 4.90 Å². The monoisotopic (exact) mass is 308 g/mol. The number of rotatable bonds is 6. The van der Waals surface area contributed by atoms with Crippen LogP contribution in [0.25, 0.3) is 0 Å². The van der Waals surface area contributed by atoms with E-state index in [-0.39, 0.29) is 11.9 Å². The van der Waals surface area contributed by atoms with Crippen LogP contribution in [0.1, 0.15) is 19.3 Å². The molecule has 1 saturated carbocycles. The number of hydrogen-bond acceptors (Lipinski definition) is 4. The number of alkyl halides is 3. The van der Waals surface area contributed by atoms with Gasteiger partial charge >= 0.3 is 6.18 Å². The molecule has 8 heteroatoms. The van der Waals surface area contributed by atoms with E-state index in [2.05, 4.69) is 5.32 Å². The zero-order chi connectivity index (χ0) is 15.5. The second-order valence-corrected chi connectivity index (χ2v) is 5.86. The van der Waals surface area contributed by atoms with E-state index in [0.717, 1.165) is 12.8 Å². The maximum Gasteiger partial charge on any atom is 0.401 e. The summed E-state index contributed by atoms with van der Waals surface area (Å²) in [7, 11) is 0. The van der Waals surface area contributed by atoms with E-state index in [9.17, 15) is 18.0 Å². The predicted molar refractivity (Wildman–Crippen MR) is 72.7 cm³/mol. The van der Waals surface area contributed by atoms with Crippen molar-refractivity contribution in [3.63, 3.8) is 0 Å². The van der Waals surface area contributed by atoms with E-state index in [1.54, 1.807) is 0 Å². The van der Waals surface area contributed by atoms with Gasteiger partial charge in [-0.15, -0.1) is 0 Å². The maximum absolute atomic E-state index is 12.3. The molecule has 122 valence electrons. The molecule has 0 bridgehead atoms. The fraction of sp³-hybridized carbons (Fsp3) is 0.923. The van der Waals surface area contributed by atoms with Crippen LogP contribution in [-0.4, -0.2) is 73.2 Å². The Morgan fingerprint density at radius 2 is 1.86 bits per heavy atom. The van der Waals surface area contributed by atoms with Crippen molar-refractivity contribution in [1.82, 2.24) is 15.1 Å². The van der Waals surface area contributed by atoms with Crippen LogP contribution in [-0.2, 0) is 4.79 Å². The summed E-state index contributed by atoms with van der Waals surface area (Å²) >= 11 is 0. The summed E-state index contributed by atoms with van der Waals surface area (Å²) in [6, 6.07) is 0.233. The van der Waals surface area contributed by atoms with Gasteiger partial charge in [-0.05, 0) is 12.8 Å². The van der Waals surface area contributed by atoms with Crippen LogP contribution in [0.2, 0.25) is 0 Å². The van der Waals surface area contributed by atoms with Gasteiger partial charge in [0.25, 0.3) is 0 Å². The lowest BCUT2D eigenvalue weighted by molar-refractivity contribution is -0.149. The second-order valence-electron chi connectivity index (χ2n) is 5.86. The van der Waals surface area contributed by atoms with Gasteiger partial charge in [0, 0.05) is 51.2 Å². The van der Waals surface area contributed by atoms with E-state index in [4.69, 9.17) is 5.73 Å². The molecule has 5 nitrogen and oxygen atoms in total. The van der Waals surface area contributed by atoms with Crippen LogP contribution in [0.5, 0.6) is 0 Å². The lowest BCUT2D eigenvalue weighted by Gasteiger charge is -2.38. The largest absolute Gasteiger partial charge is 0.401 e. The van der Waals surface area contributed by atoms with Crippen LogP contribution >= 0.6 is 0 Å². The molecule has 1 heterocycles. The Morgan fingerprint density at radius 3 is 2.33 bits per heavy atom. The van der Waals surface area contributed by atoms with Gasteiger partial charge in [-0.1, -0.05) is 0 Å². The summed E-state index contributed by atoms with van der Waals surface area (Å²) in [5.41, 5.74) is 5.72. The normalized spacial score (nSPS) is 23.0. The molecule has 2 fully saturated rings. The Balaban J connectivity index is 1.74. The highest BCUT2D eigenvalue weighted by atomic mass is 19.4. The molecule has 2 aliphatic rings. The highest BCUT2D eigenvalue weighted by Gasteiger charge is 2.33. The topological polar surface area (TPSA) is 61.6 Å². The molecular formula is C13H23F3N4O. The molecule has 0 radical (unpaired) electrons. The molecule has 1 saturated heterocycles. The Labute approximate surface area is 122 Å². The van der Waals surface area contributed by atoms with Gasteiger partial charge in [0.15, 0.2) is 0 Å². The van der Waals surface area contributed by atoms with Crippen molar-refractivity contribution in [3.05, 3.63) is 0 Å². The summed E-state index contributed by atoms with van der Waals surface area (Å²) in [4.78, 5) is 15.2. The molecule has 0 aromatic rings. The van der Waals surface area contributed by atoms with Crippen LogP contribution in [0, 0.1) is 0 Å². The minimum absolute atomic E-state index is 0.00864. The van der Waals surface area contributed by atoms with Crippen molar-refractivity contribution >= 4 is 5.91 Å². The summed E-state index contributed by atoms with van der Waals surface area (Å²) < 4.78 is 37.0. The molecule has 0 aromatic carbocycles. The Bertz CT molecular complexity index is 352. The predicted octanol–water partition coefficient (Wildman–Crippen LogP) is 0.162. The Kier molecular flexibility index (Phi) is 5.45. The number of amides is 1. The molecule has 21 heavy (non-hydrogen) atoms. The number of nitrogens with one attached hydrogen (secondary N) is 1. The third-order valence-corrected chi connectivity index (χ3v) is 3.96. The van der Waals surface area contributed by atoms with E-state index in [0.29, 0.717) is 45.2 Å². The SMILES string of the molecule is NCC(CC(=O)NC1CC1)N1CCN(CC(F)(F)F)CC1. The average molecular weight is 308 g/mol. The third-order valence-electron chi connectivity index (χ3n) is 3.96. The molecule has 1 aliphatic carbocycles. The lowest BCUT2D eigenvalue weighted by atomic mass is 10.1. The van der Waals surface area contributed by atoms with Crippen LogP contribution in [0.15, 0.2) is 0 Å². The summed E-state index contributed by atoms with van der Waals surface area (Å²) in [5.74, 6) is -0.00864. The zero-order valence-corrected chi connectivity index (χ0v) is 12.0. The van der Waals surface area contributed by atoms with Crippen molar-refractivity contribution in [2.75, 3.05) is 39.3 Å². The van der Waals surface area contributed by atoms with E-state index in [1.807, 2.05) is 4.90 Å². The van der Waals surface area contributed by atoms with Crippen LogP contribution < -0.4 is 11.1 Å². The van der Waals surface area contributed by atoms with Gasteiger partial charge in [0.1, 0.15) is 0 Å². The molecule has 1 aliphatic heterocycles. The van der Waals surface area contributed by atoms with E-state index < -0.39 is 12.7 Å². The zero-order valence-electron chi connectivity index (χ0n) is 12.0. The summed E-state index contributed by atoms with van der Waals surface area (Å²) in [6.45, 7) is 1.25. The van der Waals surface area contributed by atoms with Gasteiger partial charge in [-0.3, -0.25) is 14.6 Å². The number of piperazine rings is 1. The average Bonchev–Trinajstić information content (AvgIpc) is 3.19. The number of halogens is 3. The van der Waals surface area contributed by atoms with Crippen molar-refractivity contribution in [2.45, 2.75) is 37.5 Å². The first-order chi connectivity index (χ1) is 9.87. The quantitative estimate of drug-likeness (QED) is 0.734. The highest BCUT2D eigenvalue weighted by molar-refractivity contribution is 5.77. The number of hydrogen-bond donors (Lipinski definition) is 2. The fourth-order valence-electron chi connectivity index (χ4n) is 2.63. The minimum Gasteiger partial charge on any atom is -0.353 e. The van der Waals surface area contributed by atoms with Crippen LogP contribution in [0.3, 0.4) is 0 Å². The summed E-state index contributed by atoms with van der Waals surface area (Å²) in [6.07, 6.45) is -1.75. The van der Waals surface area contributed by atoms with Gasteiger partial charge in [-0.2, -0.15) is 13.2 Å². The van der Waals surface area contributed by atoms with Crippen molar-refractivity contribution in [3.8, 4) is 0 Å². The second kappa shape index (κ2) is 6.93. The van der Waals surface area contributed by atoms with Gasteiger partial charge in [0.2, 0.25) is 5.91 Å². The molecule has 1 amide bonds. The van der Waals surface area contributed by atoms with Gasteiger partial charge in [0.05, 0.1) is 6.54 Å². The Hall–Kier alpha value is -0.860. The van der Waals surface area contributed by atoms with Gasteiger partial charge < -0.3 is 11.1 Å². The highest BCUT2D eigenvalue weighted by Crippen LogP contribution is 2.20. The molecule has 1 unspecified atom stereocenters. The van der Waals surface area contributed by atoms with Crippen molar-refractivity contribution in [2.24, 2.45) is 5.73 Å². The first-order valence-electron chi connectivity index (χ1n) is 7.40. The lowest BCUT2D eigenvalue weighted by Crippen LogP contribution is -2.54. The minimum atomic E-state index is -4.15. The van der Waals surface area contributed by atoms with E-state index >= 15 is 0 Å². The molecule has 3 N–H and O–H groups in total. The number of nitrogens with zero attached hydrogens (tertiary/aromatic N) is 2. The van der Waals surface area contributed by atoms with Crippen LogP contribution in [0.4, 0.5) is 13.2 Å². The first kappa shape index (κ1) is 16.5. The molecule has 0 spiro atoms. The summed E-state index contributed by atoms with van der Waals surface area (Å²) in [5, 5.41) is 2.92. The smallest absolute Gasteiger partial charge is 0.353 e. The third kappa shape index (κ3) is 5.80. The number of carbonyl (C=O) groups is 1. The van der Waals surface area contributed by atoms with Gasteiger partial charge in [-0.25, -0.2) is 0 Å². The maximum atomic E-state index is 12.3. The first-order valence-corrected chi connectivity index (χ1v) is 7.40. The van der Waals surface area contributed by atoms with Crippen molar-refractivity contribution in [1.29, 1.82) is 0 Å². The number of carbonyl (C=O) groups excluding carboxylic acids is 1. The molecular weight excluding hydrogens is 285 g/mol. The fourth-order valence-corrected chi connectivity index (χ4v) is 2.63. The molecule has 1 atom stereocenters. The van der Waals surface area contributed by atoms with Crippen molar-refractivity contribution < 1.29 is 18.0 Å². The standard InChI is InChI=1S/C13H23F3N4O/c14-13(15,16)9-19-3-5-20(6-4-19)11(8-17)7-12(21)18-10-1-2-10/h10-11H,1-9,17H2,(H,18,21).